The fourth-order valence-corrected chi connectivity index (χ4v) is 8.06. The lowest BCUT2D eigenvalue weighted by Gasteiger charge is -2.16. The molecule has 0 saturated carbocycles. The van der Waals surface area contributed by atoms with Crippen LogP contribution in [-0.2, 0) is 39.0 Å². The molecule has 63 heavy (non-hydrogen) atoms. The molecule has 0 fully saturated rings. The summed E-state index contributed by atoms with van der Waals surface area (Å²) in [5, 5.41) is 70.3. The zero-order valence-corrected chi connectivity index (χ0v) is 34.7. The Morgan fingerprint density at radius 2 is 1.13 bits per heavy atom. The Morgan fingerprint density at radius 1 is 0.603 bits per heavy atom. The van der Waals surface area contributed by atoms with Gasteiger partial charge < -0.3 is 20.8 Å². The van der Waals surface area contributed by atoms with E-state index >= 15 is 0 Å². The molecular weight excluding hydrogens is 911 g/mol. The van der Waals surface area contributed by atoms with Crippen LogP contribution in [0.5, 0.6) is 11.5 Å². The summed E-state index contributed by atoms with van der Waals surface area (Å²) in [6, 6.07) is 23.5. The van der Waals surface area contributed by atoms with Gasteiger partial charge in [0.15, 0.2) is 11.5 Å². The van der Waals surface area contributed by atoms with Gasteiger partial charge in [0, 0.05) is 15.7 Å². The average molecular weight is 938 g/mol. The van der Waals surface area contributed by atoms with E-state index in [1.807, 2.05) is 0 Å². The van der Waals surface area contributed by atoms with Gasteiger partial charge in [-0.05, 0) is 78.4 Å². The number of azo groups is 2. The summed E-state index contributed by atoms with van der Waals surface area (Å²) >= 11 is 0.855. The normalized spacial score (nSPS) is 12.2. The highest BCUT2D eigenvalue weighted by atomic mass is 32.2. The Hall–Kier alpha value is -6.47. The van der Waals surface area contributed by atoms with Crippen LogP contribution < -0.4 is 10.6 Å². The molecule has 8 N–H and O–H groups in total. The van der Waals surface area contributed by atoms with Crippen molar-refractivity contribution in [1.29, 1.82) is 0 Å². The van der Waals surface area contributed by atoms with Crippen molar-refractivity contribution >= 4 is 112 Å². The van der Waals surface area contributed by atoms with Gasteiger partial charge in [-0.3, -0.25) is 9.11 Å². The number of anilines is 4. The van der Waals surface area contributed by atoms with E-state index in [4.69, 9.17) is 10.5 Å². The molecular formula is C36H27N9O14S4. The number of hydrogen-bond donors (Lipinski definition) is 8. The van der Waals surface area contributed by atoms with Gasteiger partial charge in [0.1, 0.15) is 22.1 Å². The molecule has 7 rings (SSSR count). The Morgan fingerprint density at radius 3 is 1.68 bits per heavy atom. The largest absolute Gasteiger partial charge is 0.505 e. The fraction of sp³-hybridized carbons (Fsp3) is 0.0278. The first-order valence-corrected chi connectivity index (χ1v) is 21.6. The van der Waals surface area contributed by atoms with Crippen LogP contribution in [0.1, 0.15) is 5.82 Å². The van der Waals surface area contributed by atoms with Crippen LogP contribution >= 0.6 is 24.1 Å². The minimum Gasteiger partial charge on any atom is -0.505 e. The maximum atomic E-state index is 12.6. The second-order valence-corrected chi connectivity index (χ2v) is 16.9. The zero-order valence-electron chi connectivity index (χ0n) is 31.5. The van der Waals surface area contributed by atoms with Gasteiger partial charge in [-0.2, -0.15) is 42.0 Å². The first-order valence-electron chi connectivity index (χ1n) is 17.2. The highest BCUT2D eigenvalue weighted by Crippen LogP contribution is 2.49. The van der Waals surface area contributed by atoms with Crippen LogP contribution in [0.4, 0.5) is 46.0 Å². The Labute approximate surface area is 362 Å². The van der Waals surface area contributed by atoms with Gasteiger partial charge in [-0.1, -0.05) is 46.5 Å². The average Bonchev–Trinajstić information content (AvgIpc) is 3.23. The van der Waals surface area contributed by atoms with E-state index in [1.165, 1.54) is 25.1 Å². The van der Waals surface area contributed by atoms with Crippen LogP contribution in [0.25, 0.3) is 21.5 Å². The fourth-order valence-electron chi connectivity index (χ4n) is 5.91. The lowest BCUT2D eigenvalue weighted by Crippen LogP contribution is -2.07. The number of phenols is 2. The van der Waals surface area contributed by atoms with E-state index in [0.29, 0.717) is 29.8 Å². The molecule has 23 nitrogen and oxygen atoms in total. The Balaban J connectivity index is 1.37. The zero-order chi connectivity index (χ0) is 44.9. The van der Waals surface area contributed by atoms with Crippen molar-refractivity contribution < 1.29 is 65.4 Å². The molecule has 0 aliphatic rings. The molecule has 0 spiro atoms. The Bertz CT molecular complexity index is 3150. The molecule has 0 saturated heterocycles. The first kappa shape index (κ1) is 44.6. The van der Waals surface area contributed by atoms with Crippen molar-refractivity contribution in [2.45, 2.75) is 26.5 Å². The topological polar surface area (TPSA) is 339 Å². The van der Waals surface area contributed by atoms with Crippen molar-refractivity contribution in [3.63, 3.8) is 0 Å². The predicted octanol–water partition coefficient (Wildman–Crippen LogP) is 9.57. The molecule has 1 aromatic heterocycles. The number of rotatable bonds is 16. The third-order valence-corrected chi connectivity index (χ3v) is 11.3. The third kappa shape index (κ3) is 10.4. The number of nitrogens with one attached hydrogen (secondary N) is 2. The molecule has 0 radical (unpaired) electrons. The summed E-state index contributed by atoms with van der Waals surface area (Å²) in [6.45, 7) is 1.46. The van der Waals surface area contributed by atoms with E-state index in [2.05, 4.69) is 64.8 Å². The molecule has 0 amide bonds. The number of aryl methyl sites for hydroxylation is 1. The van der Waals surface area contributed by atoms with Crippen LogP contribution in [0.2, 0.25) is 0 Å². The third-order valence-electron chi connectivity index (χ3n) is 8.42. The summed E-state index contributed by atoms with van der Waals surface area (Å²) in [6.07, 6.45) is 0. The van der Waals surface area contributed by atoms with E-state index in [1.54, 1.807) is 60.7 Å². The Kier molecular flexibility index (Phi) is 13.4. The predicted molar refractivity (Wildman–Crippen MR) is 225 cm³/mol. The van der Waals surface area contributed by atoms with E-state index < -0.39 is 47.2 Å². The van der Waals surface area contributed by atoms with Gasteiger partial charge in [-0.15, -0.1) is 18.9 Å². The second kappa shape index (κ2) is 18.9. The monoisotopic (exact) mass is 937 g/mol. The lowest BCUT2D eigenvalue weighted by molar-refractivity contribution is -0.432. The SMILES string of the molecule is Cc1nc(Nc2cc(S(=O)(=O)O)cc3cc(SOOO)c(N=Nc4ccccc4)c(O)c23)nc(Nc2cc(SOOO)cc3cc(S(=O)(=O)O)c(N=Nc4ccccc4)c(O)c23)n1. The number of fused-ring (bicyclic) bond motifs is 2. The number of phenolic OH excluding ortho intramolecular Hbond substituents is 2. The smallest absolute Gasteiger partial charge is 0.296 e. The molecule has 324 valence electrons. The van der Waals surface area contributed by atoms with Crippen LogP contribution in [0, 0.1) is 6.92 Å². The van der Waals surface area contributed by atoms with Gasteiger partial charge in [0.25, 0.3) is 20.2 Å². The summed E-state index contributed by atoms with van der Waals surface area (Å²) in [5.41, 5.74) is -0.399. The number of benzene rings is 6. The molecule has 0 bridgehead atoms. The number of nitrogens with zero attached hydrogens (tertiary/aromatic N) is 7. The van der Waals surface area contributed by atoms with Crippen molar-refractivity contribution in [3.8, 4) is 11.5 Å². The molecule has 0 aliphatic carbocycles. The van der Waals surface area contributed by atoms with Crippen LogP contribution in [0.15, 0.2) is 137 Å². The van der Waals surface area contributed by atoms with Crippen molar-refractivity contribution in [2.75, 3.05) is 10.6 Å². The van der Waals surface area contributed by atoms with Crippen molar-refractivity contribution in [1.82, 2.24) is 15.0 Å². The standard InChI is InChI=1S/C36H27N9O14S4/c1-18-37-35(39-25-16-23(60-58-56-48)12-19-15-28(63(53,54)55)32(34(47)29(19)25)45-43-22-10-6-3-7-11-22)41-36(38-18)40-26-17-24(62(50,51)52)13-20-14-27(61-59-57-49)31(33(46)30(20)26)44-42-21-8-4-2-5-9-21/h2-17,46-49H,1H3,(H,50,51,52)(H,53,54,55)(H2,37,38,39,40,41). The second-order valence-electron chi connectivity index (χ2n) is 12.5. The van der Waals surface area contributed by atoms with Crippen LogP contribution in [-0.4, -0.2) is 61.6 Å². The maximum Gasteiger partial charge on any atom is 0.296 e. The summed E-state index contributed by atoms with van der Waals surface area (Å²) in [7, 11) is -9.93. The highest BCUT2D eigenvalue weighted by molar-refractivity contribution is 7.95. The number of aromatic nitrogens is 3. The quantitative estimate of drug-likeness (QED) is 0.0147. The van der Waals surface area contributed by atoms with Crippen molar-refractivity contribution in [2.24, 2.45) is 20.5 Å². The van der Waals surface area contributed by atoms with E-state index in [0.717, 1.165) is 18.2 Å². The molecule has 0 atom stereocenters. The highest BCUT2D eigenvalue weighted by Gasteiger charge is 2.26. The number of hydrogen-bond acceptors (Lipinski definition) is 23. The molecule has 6 aromatic carbocycles. The number of aromatic hydroxyl groups is 2. The lowest BCUT2D eigenvalue weighted by atomic mass is 10.1. The van der Waals surface area contributed by atoms with Crippen molar-refractivity contribution in [3.05, 3.63) is 103 Å². The van der Waals surface area contributed by atoms with E-state index in [-0.39, 0.29) is 71.8 Å². The molecule has 7 aromatic rings. The molecule has 0 unspecified atom stereocenters. The maximum absolute atomic E-state index is 12.6. The van der Waals surface area contributed by atoms with Crippen LogP contribution in [0.3, 0.4) is 0 Å². The minimum atomic E-state index is -5.03. The molecule has 1 heterocycles. The van der Waals surface area contributed by atoms with Gasteiger partial charge in [0.2, 0.25) is 11.9 Å². The van der Waals surface area contributed by atoms with Gasteiger partial charge in [-0.25, -0.2) is 10.5 Å². The summed E-state index contributed by atoms with van der Waals surface area (Å²) < 4.78 is 79.6. The van der Waals surface area contributed by atoms with E-state index in [9.17, 15) is 36.2 Å². The minimum absolute atomic E-state index is 0.00762. The van der Waals surface area contributed by atoms with Gasteiger partial charge in [0.05, 0.1) is 56.6 Å². The molecule has 0 aliphatic heterocycles. The molecule has 27 heteroatoms. The summed E-state index contributed by atoms with van der Waals surface area (Å²) in [4.78, 5) is 11.6. The van der Waals surface area contributed by atoms with Gasteiger partial charge >= 0.3 is 0 Å². The first-order chi connectivity index (χ1) is 30.1. The summed E-state index contributed by atoms with van der Waals surface area (Å²) in [5.74, 6) is -1.81.